The molecule has 2 unspecified atom stereocenters. The molecular weight excluding hydrogens is 466 g/mol. The first-order valence-corrected chi connectivity index (χ1v) is 12.7. The van der Waals surface area contributed by atoms with E-state index in [4.69, 9.17) is 4.74 Å². The Kier molecular flexibility index (Phi) is 7.17. The second-order valence-electron chi connectivity index (χ2n) is 9.89. The molecule has 1 fully saturated rings. The molecule has 2 heterocycles. The summed E-state index contributed by atoms with van der Waals surface area (Å²) in [7, 11) is 0. The maximum absolute atomic E-state index is 12.7. The first kappa shape index (κ1) is 24.9. The molecule has 2 atom stereocenters. The summed E-state index contributed by atoms with van der Waals surface area (Å²) in [5.41, 5.74) is 4.45. The van der Waals surface area contributed by atoms with Gasteiger partial charge in [0.15, 0.2) is 0 Å². The lowest BCUT2D eigenvalue weighted by Crippen LogP contribution is -2.44. The summed E-state index contributed by atoms with van der Waals surface area (Å²) in [6, 6.07) is 22.2. The molecule has 0 aromatic heterocycles. The maximum Gasteiger partial charge on any atom is 0.261 e. The largest absolute Gasteiger partial charge is 0.373 e. The Labute approximate surface area is 217 Å². The van der Waals surface area contributed by atoms with E-state index in [0.717, 1.165) is 30.8 Å². The van der Waals surface area contributed by atoms with Crippen LogP contribution in [0.5, 0.6) is 0 Å². The van der Waals surface area contributed by atoms with Crippen molar-refractivity contribution in [2.24, 2.45) is 0 Å². The molecule has 0 bridgehead atoms. The summed E-state index contributed by atoms with van der Waals surface area (Å²) in [5.74, 6) is -0.752. The number of carbonyl (C=O) groups is 3. The summed E-state index contributed by atoms with van der Waals surface area (Å²) in [6.45, 7) is 7.56. The minimum Gasteiger partial charge on any atom is -0.373 e. The van der Waals surface area contributed by atoms with Crippen LogP contribution >= 0.6 is 0 Å². The summed E-state index contributed by atoms with van der Waals surface area (Å²) >= 11 is 0. The molecule has 190 valence electrons. The SMILES string of the molecule is CC1CN(Cc2ccc(CNC(=O)c3ccc(CN4C(=O)c5ccccc5C4=O)cc3)cc2)CC(C)O1. The Bertz CT molecular complexity index is 1260. The van der Waals surface area contributed by atoms with Crippen molar-refractivity contribution in [2.45, 2.75) is 45.7 Å². The Morgan fingerprint density at radius 1 is 0.784 bits per heavy atom. The van der Waals surface area contributed by atoms with Gasteiger partial charge in [0, 0.05) is 31.7 Å². The van der Waals surface area contributed by atoms with Crippen molar-refractivity contribution in [3.8, 4) is 0 Å². The first-order valence-electron chi connectivity index (χ1n) is 12.7. The van der Waals surface area contributed by atoms with Crippen LogP contribution in [0.2, 0.25) is 0 Å². The van der Waals surface area contributed by atoms with Crippen LogP contribution in [-0.2, 0) is 24.4 Å². The standard InChI is InChI=1S/C30H31N3O4/c1-20-16-32(17-21(2)37-20)18-23-9-7-22(8-10-23)15-31-28(34)25-13-11-24(12-14-25)19-33-29(35)26-5-3-4-6-27(26)30(33)36/h3-14,20-21H,15-19H2,1-2H3,(H,31,34). The van der Waals surface area contributed by atoms with Gasteiger partial charge >= 0.3 is 0 Å². The highest BCUT2D eigenvalue weighted by Crippen LogP contribution is 2.24. The van der Waals surface area contributed by atoms with E-state index in [1.807, 2.05) is 12.1 Å². The van der Waals surface area contributed by atoms with Crippen LogP contribution in [-0.4, -0.2) is 52.8 Å². The van der Waals surface area contributed by atoms with Crippen molar-refractivity contribution in [3.05, 3.63) is 106 Å². The van der Waals surface area contributed by atoms with Gasteiger partial charge in [-0.1, -0.05) is 48.5 Å². The number of amides is 3. The third-order valence-electron chi connectivity index (χ3n) is 6.81. The number of hydrogen-bond donors (Lipinski definition) is 1. The highest BCUT2D eigenvalue weighted by atomic mass is 16.5. The third-order valence-corrected chi connectivity index (χ3v) is 6.81. The molecule has 7 heteroatoms. The van der Waals surface area contributed by atoms with E-state index in [1.54, 1.807) is 48.5 Å². The van der Waals surface area contributed by atoms with Gasteiger partial charge in [0.25, 0.3) is 17.7 Å². The Morgan fingerprint density at radius 2 is 1.30 bits per heavy atom. The molecule has 3 aromatic rings. The molecule has 5 rings (SSSR count). The van der Waals surface area contributed by atoms with Crippen molar-refractivity contribution >= 4 is 17.7 Å². The number of ether oxygens (including phenoxy) is 1. The van der Waals surface area contributed by atoms with Crippen LogP contribution in [0.1, 0.15) is 61.6 Å². The Balaban J connectivity index is 1.12. The van der Waals surface area contributed by atoms with E-state index in [9.17, 15) is 14.4 Å². The van der Waals surface area contributed by atoms with Gasteiger partial charge in [0.1, 0.15) is 0 Å². The van der Waals surface area contributed by atoms with Crippen molar-refractivity contribution in [1.82, 2.24) is 15.1 Å². The van der Waals surface area contributed by atoms with Crippen LogP contribution in [0.3, 0.4) is 0 Å². The van der Waals surface area contributed by atoms with Crippen LogP contribution < -0.4 is 5.32 Å². The molecule has 0 radical (unpaired) electrons. The highest BCUT2D eigenvalue weighted by molar-refractivity contribution is 6.21. The van der Waals surface area contributed by atoms with Crippen molar-refractivity contribution in [1.29, 1.82) is 0 Å². The average Bonchev–Trinajstić information content (AvgIpc) is 3.13. The normalized spacial score (nSPS) is 19.7. The number of carbonyl (C=O) groups excluding carboxylic acids is 3. The molecule has 1 N–H and O–H groups in total. The second kappa shape index (κ2) is 10.7. The molecule has 0 aliphatic carbocycles. The van der Waals surface area contributed by atoms with Crippen molar-refractivity contribution < 1.29 is 19.1 Å². The fourth-order valence-electron chi connectivity index (χ4n) is 5.05. The fraction of sp³-hybridized carbons (Fsp3) is 0.300. The van der Waals surface area contributed by atoms with E-state index < -0.39 is 0 Å². The lowest BCUT2D eigenvalue weighted by Gasteiger charge is -2.35. The summed E-state index contributed by atoms with van der Waals surface area (Å²) in [4.78, 5) is 41.5. The van der Waals surface area contributed by atoms with Gasteiger partial charge < -0.3 is 10.1 Å². The maximum atomic E-state index is 12.7. The molecule has 2 aliphatic rings. The second-order valence-corrected chi connectivity index (χ2v) is 9.89. The van der Waals surface area contributed by atoms with Gasteiger partial charge in [-0.2, -0.15) is 0 Å². The Morgan fingerprint density at radius 3 is 1.89 bits per heavy atom. The summed E-state index contributed by atoms with van der Waals surface area (Å²) in [5, 5.41) is 2.96. The predicted molar refractivity (Wildman–Crippen MR) is 140 cm³/mol. The molecule has 3 amide bonds. The predicted octanol–water partition coefficient (Wildman–Crippen LogP) is 4.02. The van der Waals surface area contributed by atoms with E-state index in [2.05, 4.69) is 36.2 Å². The minimum atomic E-state index is -0.289. The van der Waals surface area contributed by atoms with Crippen molar-refractivity contribution in [3.63, 3.8) is 0 Å². The number of rotatable bonds is 7. The molecule has 0 saturated carbocycles. The summed E-state index contributed by atoms with van der Waals surface area (Å²) < 4.78 is 5.81. The zero-order chi connectivity index (χ0) is 25.9. The molecular formula is C30H31N3O4. The number of benzene rings is 3. The fourth-order valence-corrected chi connectivity index (χ4v) is 5.05. The van der Waals surface area contributed by atoms with Gasteiger partial charge in [-0.15, -0.1) is 0 Å². The number of nitrogens with one attached hydrogen (secondary N) is 1. The van der Waals surface area contributed by atoms with Gasteiger partial charge in [0.2, 0.25) is 0 Å². The third kappa shape index (κ3) is 5.63. The lowest BCUT2D eigenvalue weighted by molar-refractivity contribution is -0.0704. The molecule has 0 spiro atoms. The number of imide groups is 1. The number of hydrogen-bond acceptors (Lipinski definition) is 5. The van der Waals surface area contributed by atoms with Gasteiger partial charge in [-0.05, 0) is 54.8 Å². The zero-order valence-electron chi connectivity index (χ0n) is 21.1. The van der Waals surface area contributed by atoms with Crippen LogP contribution in [0.15, 0.2) is 72.8 Å². The van der Waals surface area contributed by atoms with Crippen LogP contribution in [0, 0.1) is 0 Å². The van der Waals surface area contributed by atoms with Crippen molar-refractivity contribution in [2.75, 3.05) is 13.1 Å². The number of morpholine rings is 1. The zero-order valence-corrected chi connectivity index (χ0v) is 21.1. The smallest absolute Gasteiger partial charge is 0.261 e. The lowest BCUT2D eigenvalue weighted by atomic mass is 10.1. The van der Waals surface area contributed by atoms with Gasteiger partial charge in [-0.3, -0.25) is 24.2 Å². The number of nitrogens with zero attached hydrogens (tertiary/aromatic N) is 2. The highest BCUT2D eigenvalue weighted by Gasteiger charge is 2.34. The molecule has 7 nitrogen and oxygen atoms in total. The number of fused-ring (bicyclic) bond motifs is 1. The molecule has 37 heavy (non-hydrogen) atoms. The quantitative estimate of drug-likeness (QED) is 0.499. The van der Waals surface area contributed by atoms with Crippen LogP contribution in [0.25, 0.3) is 0 Å². The topological polar surface area (TPSA) is 79.0 Å². The molecule has 2 aliphatic heterocycles. The van der Waals surface area contributed by atoms with E-state index in [-0.39, 0.29) is 36.5 Å². The van der Waals surface area contributed by atoms with E-state index >= 15 is 0 Å². The first-order chi connectivity index (χ1) is 17.9. The van der Waals surface area contributed by atoms with Crippen LogP contribution in [0.4, 0.5) is 0 Å². The monoisotopic (exact) mass is 497 g/mol. The molecule has 1 saturated heterocycles. The van der Waals surface area contributed by atoms with E-state index in [0.29, 0.717) is 23.2 Å². The molecule has 3 aromatic carbocycles. The Hall–Kier alpha value is -3.81. The summed E-state index contributed by atoms with van der Waals surface area (Å²) in [6.07, 6.45) is 0.490. The van der Waals surface area contributed by atoms with E-state index in [1.165, 1.54) is 10.5 Å². The van der Waals surface area contributed by atoms with Gasteiger partial charge in [0.05, 0.1) is 29.9 Å². The minimum absolute atomic E-state index is 0.170. The average molecular weight is 498 g/mol. The van der Waals surface area contributed by atoms with Gasteiger partial charge in [-0.25, -0.2) is 0 Å².